The van der Waals surface area contributed by atoms with Gasteiger partial charge >= 0.3 is 107 Å². The fourth-order valence-electron chi connectivity index (χ4n) is 2.53. The Labute approximate surface area is 127 Å². The Morgan fingerprint density at radius 1 is 0.895 bits per heavy atom. The summed E-state index contributed by atoms with van der Waals surface area (Å²) in [5.74, 6) is 0. The van der Waals surface area contributed by atoms with Crippen molar-refractivity contribution in [1.29, 1.82) is 0 Å². The van der Waals surface area contributed by atoms with Crippen LogP contribution in [0.1, 0.15) is 41.5 Å². The van der Waals surface area contributed by atoms with Crippen LogP contribution in [0.3, 0.4) is 0 Å². The van der Waals surface area contributed by atoms with Gasteiger partial charge in [-0.2, -0.15) is 0 Å². The molecule has 0 aromatic heterocycles. The second kappa shape index (κ2) is 7.18. The van der Waals surface area contributed by atoms with E-state index in [1.54, 1.807) is 41.5 Å². The van der Waals surface area contributed by atoms with Crippen molar-refractivity contribution in [2.24, 2.45) is 0 Å². The molecule has 0 aromatic carbocycles. The Hall–Kier alpha value is 0.792. The normalized spacial score (nSPS) is 14.9. The molecule has 0 heterocycles. The first kappa shape index (κ1) is 22.1. The second-order valence-corrected chi connectivity index (χ2v) is 12.5. The second-order valence-electron chi connectivity index (χ2n) is 5.30. The minimum atomic E-state index is -5.53. The summed E-state index contributed by atoms with van der Waals surface area (Å²) < 4.78 is 64.7. The fourth-order valence-corrected chi connectivity index (χ4v) is 10.7. The van der Waals surface area contributed by atoms with E-state index in [9.17, 15) is 21.6 Å². The van der Waals surface area contributed by atoms with Crippen LogP contribution in [0.2, 0.25) is 0 Å². The molecule has 0 fully saturated rings. The Kier molecular flexibility index (Phi) is 8.34. The summed E-state index contributed by atoms with van der Waals surface area (Å²) in [5.41, 5.74) is -6.04. The first-order chi connectivity index (χ1) is 7.79. The smallest absolute Gasteiger partial charge is 0 e. The third-order valence-corrected chi connectivity index (χ3v) is 11.3. The standard InChI is InChI=1S/C10H22F3O3PS.Pd/c1-7(2)17(8(3)4,9(5)6)16-18(14,15)10(11,12)13;/h7-9,17H,1-6H3;. The maximum atomic E-state index is 12.5. The molecule has 0 bridgehead atoms. The van der Waals surface area contributed by atoms with Crippen LogP contribution < -0.4 is 0 Å². The topological polar surface area (TPSA) is 43.4 Å². The van der Waals surface area contributed by atoms with Crippen molar-refractivity contribution in [3.05, 3.63) is 0 Å². The number of halogens is 3. The molecule has 0 aliphatic heterocycles. The summed E-state index contributed by atoms with van der Waals surface area (Å²) in [6.07, 6.45) is 0. The minimum absolute atomic E-state index is 0. The van der Waals surface area contributed by atoms with Gasteiger partial charge in [0, 0.05) is 20.4 Å². The molecule has 0 N–H and O–H groups in total. The van der Waals surface area contributed by atoms with Gasteiger partial charge in [0.05, 0.1) is 0 Å². The van der Waals surface area contributed by atoms with E-state index >= 15 is 0 Å². The van der Waals surface area contributed by atoms with Gasteiger partial charge in [-0.3, -0.25) is 0 Å². The predicted octanol–water partition coefficient (Wildman–Crippen LogP) is 3.74. The molecule has 122 valence electrons. The monoisotopic (exact) mass is 416 g/mol. The molecule has 19 heavy (non-hydrogen) atoms. The van der Waals surface area contributed by atoms with Crippen LogP contribution in [0.4, 0.5) is 13.2 Å². The van der Waals surface area contributed by atoms with Crippen molar-refractivity contribution in [1.82, 2.24) is 0 Å². The van der Waals surface area contributed by atoms with Crippen molar-refractivity contribution < 1.29 is 46.0 Å². The molecular formula is C10H22F3O3PPdS. The van der Waals surface area contributed by atoms with E-state index in [1.165, 1.54) is 0 Å². The third-order valence-electron chi connectivity index (χ3n) is 3.24. The van der Waals surface area contributed by atoms with Crippen molar-refractivity contribution in [2.75, 3.05) is 0 Å². The molecule has 0 saturated heterocycles. The molecule has 3 nitrogen and oxygen atoms in total. The van der Waals surface area contributed by atoms with Crippen LogP contribution in [0.15, 0.2) is 0 Å². The van der Waals surface area contributed by atoms with Crippen molar-refractivity contribution in [3.8, 4) is 0 Å². The van der Waals surface area contributed by atoms with Crippen LogP contribution in [0.25, 0.3) is 0 Å². The van der Waals surface area contributed by atoms with E-state index in [0.717, 1.165) is 0 Å². The molecule has 0 aromatic rings. The summed E-state index contributed by atoms with van der Waals surface area (Å²) in [6.45, 7) is 10.3. The van der Waals surface area contributed by atoms with Crippen LogP contribution in [0, 0.1) is 0 Å². The molecule has 0 saturated carbocycles. The van der Waals surface area contributed by atoms with Crippen molar-refractivity contribution in [3.63, 3.8) is 0 Å². The van der Waals surface area contributed by atoms with Gasteiger partial charge in [-0.15, -0.1) is 0 Å². The Morgan fingerprint density at radius 3 is 1.32 bits per heavy atom. The summed E-state index contributed by atoms with van der Waals surface area (Å²) in [5, 5.41) is 0. The van der Waals surface area contributed by atoms with Gasteiger partial charge in [-0.25, -0.2) is 0 Å². The Balaban J connectivity index is 0. The van der Waals surface area contributed by atoms with Gasteiger partial charge in [-0.05, 0) is 0 Å². The van der Waals surface area contributed by atoms with Crippen molar-refractivity contribution in [2.45, 2.75) is 64.0 Å². The Morgan fingerprint density at radius 2 is 1.16 bits per heavy atom. The van der Waals surface area contributed by atoms with E-state index in [-0.39, 0.29) is 37.4 Å². The number of hydrogen-bond acceptors (Lipinski definition) is 3. The molecule has 0 aliphatic rings. The van der Waals surface area contributed by atoms with E-state index < -0.39 is 23.1 Å². The SMILES string of the molecule is CC(C)[PH](OS(=O)(=O)C(F)(F)F)(C(C)C)C(C)C.[Pd]. The van der Waals surface area contributed by atoms with Gasteiger partial charge in [0.2, 0.25) is 0 Å². The van der Waals surface area contributed by atoms with E-state index in [4.69, 9.17) is 3.97 Å². The first-order valence-corrected chi connectivity index (χ1v) is 9.35. The molecule has 0 radical (unpaired) electrons. The van der Waals surface area contributed by atoms with Crippen LogP contribution in [-0.4, -0.2) is 30.9 Å². The van der Waals surface area contributed by atoms with Crippen LogP contribution in [-0.2, 0) is 34.5 Å². The van der Waals surface area contributed by atoms with Gasteiger partial charge in [-0.1, -0.05) is 0 Å². The number of rotatable bonds is 5. The van der Waals surface area contributed by atoms with E-state index in [2.05, 4.69) is 0 Å². The average molecular weight is 417 g/mol. The zero-order valence-corrected chi connectivity index (χ0v) is 15.2. The molecule has 0 spiro atoms. The molecule has 0 rings (SSSR count). The average Bonchev–Trinajstić information content (AvgIpc) is 2.10. The fraction of sp³-hybridized carbons (Fsp3) is 1.00. The maximum Gasteiger partial charge on any atom is 0 e. The molecule has 9 heteroatoms. The molecule has 0 amide bonds. The molecule has 0 unspecified atom stereocenters. The number of hydrogen-bond donors (Lipinski definition) is 0. The van der Waals surface area contributed by atoms with Crippen LogP contribution in [0.5, 0.6) is 0 Å². The quantitative estimate of drug-likeness (QED) is 0.389. The predicted molar refractivity (Wildman–Crippen MR) is 69.8 cm³/mol. The van der Waals surface area contributed by atoms with Gasteiger partial charge in [0.15, 0.2) is 0 Å². The minimum Gasteiger partial charge on any atom is 0 e. The Bertz CT molecular complexity index is 358. The van der Waals surface area contributed by atoms with E-state index in [0.29, 0.717) is 0 Å². The summed E-state index contributed by atoms with van der Waals surface area (Å²) >= 11 is 0. The largest absolute Gasteiger partial charge is 0 e. The maximum absolute atomic E-state index is 12.5. The van der Waals surface area contributed by atoms with Gasteiger partial charge in [0.1, 0.15) is 0 Å². The van der Waals surface area contributed by atoms with E-state index in [1.807, 2.05) is 0 Å². The summed E-state index contributed by atoms with van der Waals surface area (Å²) in [6, 6.07) is 0. The number of alkyl halides is 3. The van der Waals surface area contributed by atoms with Gasteiger partial charge in [0.25, 0.3) is 0 Å². The first-order valence-electron chi connectivity index (χ1n) is 5.81. The summed E-state index contributed by atoms with van der Waals surface area (Å²) in [4.78, 5) is 0. The molecular weight excluding hydrogens is 395 g/mol. The van der Waals surface area contributed by atoms with Gasteiger partial charge < -0.3 is 0 Å². The van der Waals surface area contributed by atoms with Crippen molar-refractivity contribution >= 4 is 17.6 Å². The molecule has 0 atom stereocenters. The van der Waals surface area contributed by atoms with Crippen LogP contribution >= 0.6 is 7.49 Å². The molecule has 0 aliphatic carbocycles. The zero-order valence-electron chi connectivity index (χ0n) is 11.8. The zero-order chi connectivity index (χ0) is 14.9. The summed E-state index contributed by atoms with van der Waals surface area (Å²) in [7, 11) is -8.61. The third kappa shape index (κ3) is 4.64.